The fraction of sp³-hybridized carbons (Fsp3) is 0.500. The van der Waals surface area contributed by atoms with E-state index in [1.807, 2.05) is 31.2 Å². The zero-order chi connectivity index (χ0) is 13.6. The second kappa shape index (κ2) is 7.36. The Morgan fingerprint density at radius 1 is 1.33 bits per heavy atom. The van der Waals surface area contributed by atoms with E-state index in [-0.39, 0.29) is 11.7 Å². The number of rotatable bonds is 7. The summed E-state index contributed by atoms with van der Waals surface area (Å²) in [5.41, 5.74) is 0. The number of ether oxygens (including phenoxy) is 1. The number of hydrogen-bond donors (Lipinski definition) is 0. The molecule has 0 N–H and O–H groups in total. The Hall–Kier alpha value is -0.260. The van der Waals surface area contributed by atoms with Gasteiger partial charge in [-0.3, -0.25) is 0 Å². The summed E-state index contributed by atoms with van der Waals surface area (Å²) in [5, 5.41) is 0. The van der Waals surface area contributed by atoms with Gasteiger partial charge in [-0.2, -0.15) is 0 Å². The molecule has 0 bridgehead atoms. The highest BCUT2D eigenvalue weighted by Crippen LogP contribution is 2.19. The Bertz CT molecular complexity index is 459. The second-order valence-corrected chi connectivity index (χ2v) is 7.86. The van der Waals surface area contributed by atoms with E-state index in [0.717, 1.165) is 23.1 Å². The first kappa shape index (κ1) is 15.8. The second-order valence-electron chi connectivity index (χ2n) is 4.13. The fourth-order valence-electron chi connectivity index (χ4n) is 1.65. The van der Waals surface area contributed by atoms with E-state index in [1.165, 1.54) is 0 Å². The van der Waals surface area contributed by atoms with Gasteiger partial charge in [0.25, 0.3) is 0 Å². The molecule has 0 spiro atoms. The van der Waals surface area contributed by atoms with Crippen LogP contribution in [0.4, 0.5) is 0 Å². The summed E-state index contributed by atoms with van der Waals surface area (Å²) in [7, 11) is 1.80. The SMILES string of the molecule is CCCC(COc1ccc(Br)cc1)CS(=O)(=O)Cl. The predicted molar refractivity (Wildman–Crippen MR) is 77.7 cm³/mol. The summed E-state index contributed by atoms with van der Waals surface area (Å²) in [6, 6.07) is 7.43. The highest BCUT2D eigenvalue weighted by atomic mass is 79.9. The minimum Gasteiger partial charge on any atom is -0.493 e. The van der Waals surface area contributed by atoms with E-state index >= 15 is 0 Å². The molecule has 0 amide bonds. The van der Waals surface area contributed by atoms with Crippen LogP contribution >= 0.6 is 26.6 Å². The van der Waals surface area contributed by atoms with Crippen molar-refractivity contribution >= 4 is 35.7 Å². The van der Waals surface area contributed by atoms with Crippen LogP contribution in [0.2, 0.25) is 0 Å². The molecule has 0 saturated heterocycles. The van der Waals surface area contributed by atoms with E-state index in [0.29, 0.717) is 6.61 Å². The molecule has 0 saturated carbocycles. The summed E-state index contributed by atoms with van der Waals surface area (Å²) in [4.78, 5) is 0. The lowest BCUT2D eigenvalue weighted by molar-refractivity contribution is 0.253. The van der Waals surface area contributed by atoms with Gasteiger partial charge in [0.2, 0.25) is 9.05 Å². The van der Waals surface area contributed by atoms with Crippen LogP contribution in [0.25, 0.3) is 0 Å². The molecule has 3 nitrogen and oxygen atoms in total. The smallest absolute Gasteiger partial charge is 0.232 e. The summed E-state index contributed by atoms with van der Waals surface area (Å²) in [5.74, 6) is 0.617. The lowest BCUT2D eigenvalue weighted by Gasteiger charge is -2.15. The van der Waals surface area contributed by atoms with Crippen LogP contribution < -0.4 is 4.74 Å². The quantitative estimate of drug-likeness (QED) is 0.698. The molecule has 0 aliphatic carbocycles. The molecule has 0 aliphatic heterocycles. The average Bonchev–Trinajstić information content (AvgIpc) is 2.26. The summed E-state index contributed by atoms with van der Waals surface area (Å²) < 4.78 is 28.7. The Labute approximate surface area is 121 Å². The molecular formula is C12H16BrClO3S. The van der Waals surface area contributed by atoms with Crippen molar-refractivity contribution in [1.82, 2.24) is 0 Å². The zero-order valence-corrected chi connectivity index (χ0v) is 13.3. The van der Waals surface area contributed by atoms with Crippen LogP contribution in [-0.4, -0.2) is 20.8 Å². The number of benzene rings is 1. The maximum Gasteiger partial charge on any atom is 0.232 e. The first-order chi connectivity index (χ1) is 8.40. The van der Waals surface area contributed by atoms with E-state index in [2.05, 4.69) is 15.9 Å². The molecule has 1 aromatic carbocycles. The molecule has 1 atom stereocenters. The first-order valence-corrected chi connectivity index (χ1v) is 8.98. The minimum absolute atomic E-state index is 0.0427. The van der Waals surface area contributed by atoms with Crippen molar-refractivity contribution < 1.29 is 13.2 Å². The van der Waals surface area contributed by atoms with E-state index in [1.54, 1.807) is 0 Å². The van der Waals surface area contributed by atoms with Crippen LogP contribution in [0, 0.1) is 5.92 Å². The van der Waals surface area contributed by atoms with Gasteiger partial charge in [0, 0.05) is 21.1 Å². The third-order valence-corrected chi connectivity index (χ3v) is 4.21. The molecule has 1 unspecified atom stereocenters. The topological polar surface area (TPSA) is 43.4 Å². The molecule has 0 radical (unpaired) electrons. The highest BCUT2D eigenvalue weighted by Gasteiger charge is 2.17. The van der Waals surface area contributed by atoms with Gasteiger partial charge < -0.3 is 4.74 Å². The van der Waals surface area contributed by atoms with Crippen LogP contribution in [0.5, 0.6) is 5.75 Å². The largest absolute Gasteiger partial charge is 0.493 e. The van der Waals surface area contributed by atoms with Gasteiger partial charge in [-0.1, -0.05) is 29.3 Å². The monoisotopic (exact) mass is 354 g/mol. The summed E-state index contributed by atoms with van der Waals surface area (Å²) >= 11 is 3.34. The van der Waals surface area contributed by atoms with Gasteiger partial charge in [0.05, 0.1) is 12.4 Å². The summed E-state index contributed by atoms with van der Waals surface area (Å²) in [6.07, 6.45) is 1.68. The van der Waals surface area contributed by atoms with Gasteiger partial charge in [0.1, 0.15) is 5.75 Å². The van der Waals surface area contributed by atoms with Gasteiger partial charge in [0.15, 0.2) is 0 Å². The Balaban J connectivity index is 2.54. The van der Waals surface area contributed by atoms with Gasteiger partial charge >= 0.3 is 0 Å². The zero-order valence-electron chi connectivity index (χ0n) is 10.1. The third kappa shape index (κ3) is 6.61. The van der Waals surface area contributed by atoms with Crippen LogP contribution in [0.1, 0.15) is 19.8 Å². The van der Waals surface area contributed by atoms with E-state index in [9.17, 15) is 8.42 Å². The first-order valence-electron chi connectivity index (χ1n) is 5.71. The van der Waals surface area contributed by atoms with Crippen molar-refractivity contribution in [2.24, 2.45) is 5.92 Å². The van der Waals surface area contributed by atoms with E-state index in [4.69, 9.17) is 15.4 Å². The molecule has 0 aliphatic rings. The molecular weight excluding hydrogens is 340 g/mol. The molecule has 0 aromatic heterocycles. The lowest BCUT2D eigenvalue weighted by atomic mass is 10.1. The van der Waals surface area contributed by atoms with Gasteiger partial charge in [-0.05, 0) is 30.7 Å². The Morgan fingerprint density at radius 2 is 1.94 bits per heavy atom. The summed E-state index contributed by atoms with van der Waals surface area (Å²) in [6.45, 7) is 2.37. The average molecular weight is 356 g/mol. The maximum atomic E-state index is 11.1. The lowest BCUT2D eigenvalue weighted by Crippen LogP contribution is -2.19. The van der Waals surface area contributed by atoms with Crippen molar-refractivity contribution in [2.75, 3.05) is 12.4 Å². The van der Waals surface area contributed by atoms with Gasteiger partial charge in [-0.25, -0.2) is 8.42 Å². The molecule has 102 valence electrons. The van der Waals surface area contributed by atoms with Gasteiger partial charge in [-0.15, -0.1) is 0 Å². The molecule has 0 fully saturated rings. The van der Waals surface area contributed by atoms with Crippen molar-refractivity contribution in [2.45, 2.75) is 19.8 Å². The molecule has 1 rings (SSSR count). The minimum atomic E-state index is -3.47. The normalized spacial score (nSPS) is 13.3. The highest BCUT2D eigenvalue weighted by molar-refractivity contribution is 9.10. The van der Waals surface area contributed by atoms with Crippen molar-refractivity contribution in [3.63, 3.8) is 0 Å². The predicted octanol–water partition coefficient (Wildman–Crippen LogP) is 3.81. The number of halogens is 2. The van der Waals surface area contributed by atoms with Crippen LogP contribution in [0.3, 0.4) is 0 Å². The third-order valence-electron chi connectivity index (χ3n) is 2.43. The molecule has 0 heterocycles. The molecule has 6 heteroatoms. The van der Waals surface area contributed by atoms with Crippen LogP contribution in [0.15, 0.2) is 28.7 Å². The standard InChI is InChI=1S/C12H16BrClO3S/c1-2-3-10(9-18(14,15)16)8-17-12-6-4-11(13)5-7-12/h4-7,10H,2-3,8-9H2,1H3. The van der Waals surface area contributed by atoms with Crippen molar-refractivity contribution in [3.05, 3.63) is 28.7 Å². The Morgan fingerprint density at radius 3 is 2.44 bits per heavy atom. The molecule has 18 heavy (non-hydrogen) atoms. The van der Waals surface area contributed by atoms with Crippen LogP contribution in [-0.2, 0) is 9.05 Å². The maximum absolute atomic E-state index is 11.1. The van der Waals surface area contributed by atoms with Crippen molar-refractivity contribution in [3.8, 4) is 5.75 Å². The number of hydrogen-bond acceptors (Lipinski definition) is 3. The Kier molecular flexibility index (Phi) is 6.46. The van der Waals surface area contributed by atoms with Crippen molar-refractivity contribution in [1.29, 1.82) is 0 Å². The fourth-order valence-corrected chi connectivity index (χ4v) is 3.27. The molecule has 1 aromatic rings. The van der Waals surface area contributed by atoms with E-state index < -0.39 is 9.05 Å².